The number of hydrogen-bond acceptors (Lipinski definition) is 8. The average Bonchev–Trinajstić information content (AvgIpc) is 2.72. The summed E-state index contributed by atoms with van der Waals surface area (Å²) in [5.41, 5.74) is 16.9. The number of carboxylic acid groups (broad SMARTS) is 3. The van der Waals surface area contributed by atoms with Gasteiger partial charge in [0.1, 0.15) is 23.9 Å². The number of carboxylic acids is 3. The minimum absolute atomic E-state index is 0.0142. The number of carbonyl (C=O) groups is 4. The molecular formula is C20H31N3O8. The molecule has 11 nitrogen and oxygen atoms in total. The highest BCUT2D eigenvalue weighted by Crippen LogP contribution is 2.14. The topological polar surface area (TPSA) is 216 Å². The fraction of sp³-hybridized carbons (Fsp3) is 0.500. The molecule has 1 rings (SSSR count). The predicted octanol–water partition coefficient (Wildman–Crippen LogP) is 0.183. The smallest absolute Gasteiger partial charge is 0.328 e. The van der Waals surface area contributed by atoms with Crippen molar-refractivity contribution >= 4 is 23.9 Å². The largest absolute Gasteiger partial charge is 0.481 e. The van der Waals surface area contributed by atoms with Gasteiger partial charge in [-0.1, -0.05) is 32.4 Å². The number of esters is 1. The Morgan fingerprint density at radius 2 is 1.48 bits per heavy atom. The van der Waals surface area contributed by atoms with Crippen LogP contribution in [0.2, 0.25) is 0 Å². The van der Waals surface area contributed by atoms with E-state index in [9.17, 15) is 19.2 Å². The Bertz CT molecular complexity index is 738. The first kappa shape index (κ1) is 28.0. The van der Waals surface area contributed by atoms with E-state index in [1.165, 1.54) is 12.1 Å². The van der Waals surface area contributed by atoms with Crippen LogP contribution in [0.5, 0.6) is 5.75 Å². The molecule has 0 heterocycles. The molecule has 0 fully saturated rings. The fourth-order valence-corrected chi connectivity index (χ4v) is 2.12. The second-order valence-electron chi connectivity index (χ2n) is 7.00. The molecule has 0 radical (unpaired) electrons. The molecule has 174 valence electrons. The number of hydrogen-bond donors (Lipinski definition) is 6. The third-order valence-electron chi connectivity index (χ3n) is 4.43. The predicted molar refractivity (Wildman–Crippen MR) is 111 cm³/mol. The average molecular weight is 441 g/mol. The molecule has 4 unspecified atom stereocenters. The van der Waals surface area contributed by atoms with Crippen molar-refractivity contribution < 1.29 is 39.2 Å². The number of aliphatic carboxylic acids is 3. The van der Waals surface area contributed by atoms with E-state index in [-0.39, 0.29) is 30.9 Å². The third-order valence-corrected chi connectivity index (χ3v) is 4.43. The lowest BCUT2D eigenvalue weighted by molar-refractivity contribution is -0.140. The number of nitrogens with two attached hydrogens (primary N) is 3. The maximum absolute atomic E-state index is 11.6. The third kappa shape index (κ3) is 11.7. The number of ether oxygens (including phenoxy) is 1. The van der Waals surface area contributed by atoms with Crippen LogP contribution in [-0.2, 0) is 25.6 Å². The van der Waals surface area contributed by atoms with Crippen molar-refractivity contribution in [1.29, 1.82) is 0 Å². The summed E-state index contributed by atoms with van der Waals surface area (Å²) < 4.78 is 5.01. The van der Waals surface area contributed by atoms with Crippen LogP contribution in [0.25, 0.3) is 0 Å². The van der Waals surface area contributed by atoms with Crippen LogP contribution < -0.4 is 21.9 Å². The van der Waals surface area contributed by atoms with Crippen LogP contribution in [0.3, 0.4) is 0 Å². The van der Waals surface area contributed by atoms with E-state index in [2.05, 4.69) is 0 Å². The summed E-state index contributed by atoms with van der Waals surface area (Å²) in [5.74, 6) is -3.46. The van der Waals surface area contributed by atoms with E-state index in [0.29, 0.717) is 5.56 Å². The fourth-order valence-electron chi connectivity index (χ4n) is 2.12. The van der Waals surface area contributed by atoms with Crippen LogP contribution in [0, 0.1) is 5.92 Å². The minimum atomic E-state index is -1.10. The number of rotatable bonds is 11. The van der Waals surface area contributed by atoms with E-state index >= 15 is 0 Å². The summed E-state index contributed by atoms with van der Waals surface area (Å²) in [4.78, 5) is 42.9. The van der Waals surface area contributed by atoms with E-state index in [4.69, 9.17) is 37.3 Å². The first-order valence-electron chi connectivity index (χ1n) is 9.63. The second kappa shape index (κ2) is 14.1. The molecule has 4 atom stereocenters. The maximum Gasteiger partial charge on any atom is 0.328 e. The second-order valence-corrected chi connectivity index (χ2v) is 7.00. The van der Waals surface area contributed by atoms with E-state index in [0.717, 1.165) is 6.42 Å². The highest BCUT2D eigenvalue weighted by Gasteiger charge is 2.18. The highest BCUT2D eigenvalue weighted by atomic mass is 16.5. The van der Waals surface area contributed by atoms with Crippen molar-refractivity contribution in [2.24, 2.45) is 23.1 Å². The first-order chi connectivity index (χ1) is 14.4. The summed E-state index contributed by atoms with van der Waals surface area (Å²) in [6.07, 6.45) is 0.733. The summed E-state index contributed by atoms with van der Waals surface area (Å²) >= 11 is 0. The van der Waals surface area contributed by atoms with Gasteiger partial charge in [0.25, 0.3) is 0 Å². The quantitative estimate of drug-likeness (QED) is 0.201. The van der Waals surface area contributed by atoms with Gasteiger partial charge in [0.05, 0.1) is 0 Å². The zero-order chi connectivity index (χ0) is 24.1. The molecule has 0 spiro atoms. The Kier molecular flexibility index (Phi) is 12.7. The van der Waals surface area contributed by atoms with Gasteiger partial charge >= 0.3 is 23.9 Å². The zero-order valence-corrected chi connectivity index (χ0v) is 17.6. The SMILES string of the molecule is CCC(C)C(N)C(=O)O.NC(Cc1ccc(OC(=O)C(N)CCC(=O)O)cc1)C(=O)O. The van der Waals surface area contributed by atoms with Crippen molar-refractivity contribution in [1.82, 2.24) is 0 Å². The van der Waals surface area contributed by atoms with Crippen molar-refractivity contribution in [3.63, 3.8) is 0 Å². The Morgan fingerprint density at radius 3 is 1.87 bits per heavy atom. The molecule has 1 aromatic carbocycles. The van der Waals surface area contributed by atoms with Crippen LogP contribution in [0.4, 0.5) is 0 Å². The van der Waals surface area contributed by atoms with Crippen molar-refractivity contribution in [2.75, 3.05) is 0 Å². The summed E-state index contributed by atoms with van der Waals surface area (Å²) in [6.45, 7) is 3.76. The van der Waals surface area contributed by atoms with Gasteiger partial charge in [-0.05, 0) is 36.5 Å². The van der Waals surface area contributed by atoms with Gasteiger partial charge in [0.2, 0.25) is 0 Å². The molecular weight excluding hydrogens is 410 g/mol. The molecule has 0 amide bonds. The van der Waals surface area contributed by atoms with E-state index in [1.807, 2.05) is 13.8 Å². The molecule has 0 bridgehead atoms. The monoisotopic (exact) mass is 441 g/mol. The van der Waals surface area contributed by atoms with Crippen molar-refractivity contribution in [2.45, 2.75) is 57.7 Å². The standard InChI is InChI=1S/C14H18N2O6.C6H13NO2/c15-10(5-6-12(17)18)14(21)22-9-3-1-8(2-4-9)7-11(16)13(19)20;1-3-4(2)5(7)6(8)9/h1-4,10-11H,5-7,15-16H2,(H,17,18)(H,19,20);4-5H,3,7H2,1-2H3,(H,8,9). The van der Waals surface area contributed by atoms with Gasteiger partial charge in [0, 0.05) is 6.42 Å². The van der Waals surface area contributed by atoms with Gasteiger partial charge in [-0.3, -0.25) is 14.4 Å². The van der Waals surface area contributed by atoms with Gasteiger partial charge in [-0.15, -0.1) is 0 Å². The van der Waals surface area contributed by atoms with Gasteiger partial charge in [-0.2, -0.15) is 0 Å². The lowest BCUT2D eigenvalue weighted by atomic mass is 10.0. The Morgan fingerprint density at radius 1 is 0.935 bits per heavy atom. The molecule has 0 aliphatic heterocycles. The minimum Gasteiger partial charge on any atom is -0.481 e. The van der Waals surface area contributed by atoms with Crippen molar-refractivity contribution in [3.8, 4) is 5.75 Å². The highest BCUT2D eigenvalue weighted by molar-refractivity contribution is 5.79. The number of carbonyl (C=O) groups excluding carboxylic acids is 1. The number of benzene rings is 1. The van der Waals surface area contributed by atoms with Crippen LogP contribution in [0.15, 0.2) is 24.3 Å². The molecule has 0 saturated heterocycles. The Balaban J connectivity index is 0.000000842. The van der Waals surface area contributed by atoms with Gasteiger partial charge < -0.3 is 37.3 Å². The van der Waals surface area contributed by atoms with Gasteiger partial charge in [0.15, 0.2) is 0 Å². The summed E-state index contributed by atoms with van der Waals surface area (Å²) in [5, 5.41) is 25.6. The lowest BCUT2D eigenvalue weighted by Crippen LogP contribution is -2.36. The Labute approximate surface area is 180 Å². The maximum atomic E-state index is 11.6. The molecule has 31 heavy (non-hydrogen) atoms. The summed E-state index contributed by atoms with van der Waals surface area (Å²) in [7, 11) is 0. The molecule has 0 aliphatic rings. The van der Waals surface area contributed by atoms with Crippen LogP contribution in [0.1, 0.15) is 38.7 Å². The van der Waals surface area contributed by atoms with E-state index in [1.54, 1.807) is 12.1 Å². The molecule has 11 heteroatoms. The Hall–Kier alpha value is -3.02. The molecule has 0 aliphatic carbocycles. The molecule has 9 N–H and O–H groups in total. The molecule has 0 aromatic heterocycles. The van der Waals surface area contributed by atoms with Crippen LogP contribution in [-0.4, -0.2) is 57.3 Å². The normalized spacial score (nSPS) is 14.2. The lowest BCUT2D eigenvalue weighted by Gasteiger charge is -2.11. The first-order valence-corrected chi connectivity index (χ1v) is 9.63. The summed E-state index contributed by atoms with van der Waals surface area (Å²) in [6, 6.07) is 3.45. The van der Waals surface area contributed by atoms with Crippen LogP contribution >= 0.6 is 0 Å². The zero-order valence-electron chi connectivity index (χ0n) is 17.6. The van der Waals surface area contributed by atoms with Gasteiger partial charge in [-0.25, -0.2) is 4.79 Å². The van der Waals surface area contributed by atoms with Crippen molar-refractivity contribution in [3.05, 3.63) is 29.8 Å². The molecule has 0 saturated carbocycles. The molecule has 1 aromatic rings. The van der Waals surface area contributed by atoms with E-state index < -0.39 is 42.0 Å².